The maximum Gasteiger partial charge on any atom is 0.259 e. The molecule has 150 valence electrons. The number of benzene rings is 2. The Bertz CT molecular complexity index is 895. The van der Waals surface area contributed by atoms with Crippen LogP contribution in [-0.2, 0) is 11.3 Å². The van der Waals surface area contributed by atoms with Crippen LogP contribution < -0.4 is 5.32 Å². The Labute approximate surface area is 171 Å². The molecule has 1 fully saturated rings. The summed E-state index contributed by atoms with van der Waals surface area (Å²) >= 11 is 0. The molecule has 6 heteroatoms. The number of hydrogen-bond acceptors (Lipinski definition) is 4. The number of carbonyl (C=O) groups is 2. The van der Waals surface area contributed by atoms with Gasteiger partial charge < -0.3 is 10.2 Å². The zero-order chi connectivity index (χ0) is 20.4. The van der Waals surface area contributed by atoms with Gasteiger partial charge in [0.2, 0.25) is 5.91 Å². The first-order chi connectivity index (χ1) is 14.0. The molecule has 0 unspecified atom stereocenters. The van der Waals surface area contributed by atoms with Gasteiger partial charge in [-0.15, -0.1) is 0 Å². The number of amides is 2. The van der Waals surface area contributed by atoms with E-state index >= 15 is 0 Å². The summed E-state index contributed by atoms with van der Waals surface area (Å²) in [6.07, 6.45) is 0. The van der Waals surface area contributed by atoms with Gasteiger partial charge in [-0.25, -0.2) is 0 Å². The Morgan fingerprint density at radius 1 is 1.00 bits per heavy atom. The summed E-state index contributed by atoms with van der Waals surface area (Å²) in [5.74, 6) is -0.414. The van der Waals surface area contributed by atoms with Crippen LogP contribution in [0.25, 0.3) is 5.70 Å². The Morgan fingerprint density at radius 2 is 1.66 bits per heavy atom. The molecule has 29 heavy (non-hydrogen) atoms. The van der Waals surface area contributed by atoms with Gasteiger partial charge in [0, 0.05) is 55.2 Å². The van der Waals surface area contributed by atoms with Crippen molar-refractivity contribution in [1.82, 2.24) is 14.7 Å². The average molecular weight is 390 g/mol. The number of piperazine rings is 1. The first-order valence-electron chi connectivity index (χ1n) is 9.91. The largest absolute Gasteiger partial charge is 0.325 e. The Morgan fingerprint density at radius 3 is 2.31 bits per heavy atom. The van der Waals surface area contributed by atoms with E-state index in [0.29, 0.717) is 11.3 Å². The van der Waals surface area contributed by atoms with Gasteiger partial charge in [-0.2, -0.15) is 0 Å². The number of nitrogens with zero attached hydrogens (tertiary/aromatic N) is 3. The van der Waals surface area contributed by atoms with E-state index in [1.54, 1.807) is 6.07 Å². The van der Waals surface area contributed by atoms with Crippen LogP contribution in [0.5, 0.6) is 0 Å². The molecule has 0 radical (unpaired) electrons. The van der Waals surface area contributed by atoms with Crippen LogP contribution in [0.1, 0.15) is 21.5 Å². The zero-order valence-corrected chi connectivity index (χ0v) is 16.7. The summed E-state index contributed by atoms with van der Waals surface area (Å²) in [5.41, 5.74) is 3.92. The molecule has 0 spiro atoms. The van der Waals surface area contributed by atoms with Gasteiger partial charge in [0.1, 0.15) is 6.54 Å². The maximum atomic E-state index is 12.5. The van der Waals surface area contributed by atoms with Gasteiger partial charge in [0.05, 0.1) is 0 Å². The zero-order valence-electron chi connectivity index (χ0n) is 16.7. The minimum Gasteiger partial charge on any atom is -0.325 e. The van der Waals surface area contributed by atoms with Gasteiger partial charge in [-0.05, 0) is 30.8 Å². The summed E-state index contributed by atoms with van der Waals surface area (Å²) in [7, 11) is 2.15. The Balaban J connectivity index is 1.32. The van der Waals surface area contributed by atoms with Gasteiger partial charge in [0.25, 0.3) is 5.91 Å². The van der Waals surface area contributed by atoms with Crippen molar-refractivity contribution in [3.63, 3.8) is 0 Å². The van der Waals surface area contributed by atoms with Gasteiger partial charge >= 0.3 is 0 Å². The highest BCUT2D eigenvalue weighted by molar-refractivity contribution is 6.11. The lowest BCUT2D eigenvalue weighted by molar-refractivity contribution is -0.116. The second-order valence-corrected chi connectivity index (χ2v) is 7.71. The Kier molecular flexibility index (Phi) is 5.47. The van der Waals surface area contributed by atoms with Crippen molar-refractivity contribution < 1.29 is 9.59 Å². The smallest absolute Gasteiger partial charge is 0.259 e. The summed E-state index contributed by atoms with van der Waals surface area (Å²) in [5, 5.41) is 2.88. The minimum absolute atomic E-state index is 0.0462. The fraction of sp³-hybridized carbons (Fsp3) is 0.304. The molecule has 1 N–H and O–H groups in total. The third kappa shape index (κ3) is 4.23. The predicted octanol–water partition coefficient (Wildman–Crippen LogP) is 2.50. The highest BCUT2D eigenvalue weighted by atomic mass is 16.2. The van der Waals surface area contributed by atoms with Crippen LogP contribution in [0, 0.1) is 0 Å². The van der Waals surface area contributed by atoms with Gasteiger partial charge in [-0.1, -0.05) is 36.9 Å². The SMILES string of the molecule is C=C1c2ccccc2C(=O)N1CC(=O)Nc1ccc(CN2CCN(C)CC2)cc1. The molecule has 0 bridgehead atoms. The number of hydrogen-bond donors (Lipinski definition) is 1. The standard InChI is InChI=1S/C23H26N4O2/c1-17-20-5-3-4-6-21(20)23(29)27(17)16-22(28)24-19-9-7-18(8-10-19)15-26-13-11-25(2)12-14-26/h3-10H,1,11-16H2,2H3,(H,24,28). The van der Waals surface area contributed by atoms with Crippen LogP contribution in [0.3, 0.4) is 0 Å². The first-order valence-corrected chi connectivity index (χ1v) is 9.91. The molecule has 1 saturated heterocycles. The summed E-state index contributed by atoms with van der Waals surface area (Å²) in [6, 6.07) is 15.2. The molecule has 0 saturated carbocycles. The third-order valence-electron chi connectivity index (χ3n) is 5.58. The number of rotatable bonds is 5. The van der Waals surface area contributed by atoms with E-state index in [-0.39, 0.29) is 18.4 Å². The van der Waals surface area contributed by atoms with Crippen molar-refractivity contribution in [2.75, 3.05) is 45.1 Å². The second-order valence-electron chi connectivity index (χ2n) is 7.71. The lowest BCUT2D eigenvalue weighted by atomic mass is 10.1. The quantitative estimate of drug-likeness (QED) is 0.852. The molecule has 4 rings (SSSR count). The molecule has 2 aromatic carbocycles. The lowest BCUT2D eigenvalue weighted by Gasteiger charge is -2.32. The van der Waals surface area contributed by atoms with Crippen molar-refractivity contribution in [3.8, 4) is 0 Å². The molecule has 6 nitrogen and oxygen atoms in total. The fourth-order valence-corrected chi connectivity index (χ4v) is 3.80. The van der Waals surface area contributed by atoms with E-state index in [2.05, 4.69) is 28.7 Å². The molecule has 0 atom stereocenters. The summed E-state index contributed by atoms with van der Waals surface area (Å²) in [6.45, 7) is 9.19. The van der Waals surface area contributed by atoms with E-state index in [4.69, 9.17) is 0 Å². The number of anilines is 1. The molecule has 2 aliphatic heterocycles. The molecule has 2 heterocycles. The molecular weight excluding hydrogens is 364 g/mol. The lowest BCUT2D eigenvalue weighted by Crippen LogP contribution is -2.43. The van der Waals surface area contributed by atoms with Crippen molar-refractivity contribution in [2.24, 2.45) is 0 Å². The molecule has 0 aromatic heterocycles. The summed E-state index contributed by atoms with van der Waals surface area (Å²) < 4.78 is 0. The van der Waals surface area contributed by atoms with Crippen LogP contribution in [-0.4, -0.2) is 66.3 Å². The number of fused-ring (bicyclic) bond motifs is 1. The van der Waals surface area contributed by atoms with Crippen LogP contribution in [0.2, 0.25) is 0 Å². The molecule has 2 aliphatic rings. The highest BCUT2D eigenvalue weighted by Gasteiger charge is 2.31. The first kappa shape index (κ1) is 19.4. The van der Waals surface area contributed by atoms with Crippen LogP contribution in [0.4, 0.5) is 5.69 Å². The summed E-state index contributed by atoms with van der Waals surface area (Å²) in [4.78, 5) is 31.2. The normalized spacial score (nSPS) is 17.5. The number of likely N-dealkylation sites (N-methyl/N-ethyl adjacent to an activating group) is 1. The molecule has 2 aromatic rings. The van der Waals surface area contributed by atoms with Crippen molar-refractivity contribution in [3.05, 3.63) is 71.8 Å². The van der Waals surface area contributed by atoms with Crippen molar-refractivity contribution >= 4 is 23.2 Å². The van der Waals surface area contributed by atoms with E-state index in [1.807, 2.05) is 42.5 Å². The van der Waals surface area contributed by atoms with E-state index < -0.39 is 0 Å². The van der Waals surface area contributed by atoms with Crippen LogP contribution in [0.15, 0.2) is 55.1 Å². The second kappa shape index (κ2) is 8.19. The van der Waals surface area contributed by atoms with Crippen LogP contribution >= 0.6 is 0 Å². The third-order valence-corrected chi connectivity index (χ3v) is 5.58. The average Bonchev–Trinajstić information content (AvgIpc) is 2.96. The number of nitrogens with one attached hydrogen (secondary N) is 1. The van der Waals surface area contributed by atoms with E-state index in [0.717, 1.165) is 44.0 Å². The predicted molar refractivity (Wildman–Crippen MR) is 114 cm³/mol. The monoisotopic (exact) mass is 390 g/mol. The fourth-order valence-electron chi connectivity index (χ4n) is 3.80. The maximum absolute atomic E-state index is 12.5. The minimum atomic E-state index is -0.237. The van der Waals surface area contributed by atoms with E-state index in [9.17, 15) is 9.59 Å². The van der Waals surface area contributed by atoms with Crippen molar-refractivity contribution in [2.45, 2.75) is 6.54 Å². The van der Waals surface area contributed by atoms with Crippen molar-refractivity contribution in [1.29, 1.82) is 0 Å². The van der Waals surface area contributed by atoms with Gasteiger partial charge in [-0.3, -0.25) is 19.4 Å². The topological polar surface area (TPSA) is 55.9 Å². The van der Waals surface area contributed by atoms with E-state index in [1.165, 1.54) is 10.5 Å². The number of carbonyl (C=O) groups excluding carboxylic acids is 2. The molecular formula is C23H26N4O2. The van der Waals surface area contributed by atoms with Gasteiger partial charge in [0.15, 0.2) is 0 Å². The highest BCUT2D eigenvalue weighted by Crippen LogP contribution is 2.30. The molecule has 0 aliphatic carbocycles. The Hall–Kier alpha value is -2.96. The molecule has 2 amide bonds.